The number of H-pyrrole nitrogens is 1. The second-order valence-corrected chi connectivity index (χ2v) is 6.67. The number of hydrogen-bond donors (Lipinski definition) is 3. The molecule has 3 aromatic rings. The minimum atomic E-state index is -5.08. The van der Waals surface area contributed by atoms with E-state index < -0.39 is 24.3 Å². The molecule has 3 N–H and O–H groups in total. The summed E-state index contributed by atoms with van der Waals surface area (Å²) < 4.78 is 63.5. The average molecular weight is 521 g/mol. The van der Waals surface area contributed by atoms with Gasteiger partial charge in [0.25, 0.3) is 11.5 Å². The van der Waals surface area contributed by atoms with Crippen LogP contribution in [0.3, 0.4) is 0 Å². The molecule has 0 bridgehead atoms. The highest BCUT2D eigenvalue weighted by Crippen LogP contribution is 2.18. The van der Waals surface area contributed by atoms with Crippen molar-refractivity contribution in [3.63, 3.8) is 0 Å². The number of nitrogens with one attached hydrogen (secondary N) is 1. The standard InChI is InChI=1S/C17H15N3O2.2C2HF3O2/c1-20(17(22)14-7-4-10-19-16(14)21)11-12-5-2-8-15-13(12)6-3-9-18-15;2*3-2(4,5)1(6)7/h2-10H,11H2,1H3,(H,19,21);2*(H,6,7). The van der Waals surface area contributed by atoms with Crippen molar-refractivity contribution in [2.75, 3.05) is 7.05 Å². The zero-order valence-corrected chi connectivity index (χ0v) is 18.1. The maximum atomic E-state index is 12.4. The molecule has 0 fully saturated rings. The van der Waals surface area contributed by atoms with Gasteiger partial charge in [0.15, 0.2) is 0 Å². The lowest BCUT2D eigenvalue weighted by Gasteiger charge is -2.18. The van der Waals surface area contributed by atoms with Crippen LogP contribution in [-0.2, 0) is 16.1 Å². The van der Waals surface area contributed by atoms with E-state index in [0.717, 1.165) is 16.5 Å². The largest absolute Gasteiger partial charge is 0.490 e. The molecule has 36 heavy (non-hydrogen) atoms. The van der Waals surface area contributed by atoms with Crippen LogP contribution in [0.4, 0.5) is 26.3 Å². The van der Waals surface area contributed by atoms with Gasteiger partial charge in [-0.15, -0.1) is 0 Å². The van der Waals surface area contributed by atoms with Crippen LogP contribution < -0.4 is 5.56 Å². The Hall–Kier alpha value is -4.43. The quantitative estimate of drug-likeness (QED) is 0.449. The van der Waals surface area contributed by atoms with Crippen LogP contribution >= 0.6 is 0 Å². The molecule has 1 aromatic carbocycles. The summed E-state index contributed by atoms with van der Waals surface area (Å²) in [5, 5.41) is 15.3. The van der Waals surface area contributed by atoms with Crippen molar-refractivity contribution in [3.8, 4) is 0 Å². The van der Waals surface area contributed by atoms with E-state index >= 15 is 0 Å². The van der Waals surface area contributed by atoms with E-state index in [1.807, 2.05) is 30.3 Å². The van der Waals surface area contributed by atoms with E-state index in [2.05, 4.69) is 9.97 Å². The third kappa shape index (κ3) is 9.08. The SMILES string of the molecule is CN(Cc1cccc2ncccc12)C(=O)c1ccc[nH]c1=O.O=C(O)C(F)(F)F.O=C(O)C(F)(F)F. The van der Waals surface area contributed by atoms with Gasteiger partial charge in [-0.25, -0.2) is 9.59 Å². The fourth-order valence-corrected chi connectivity index (χ4v) is 2.43. The Bertz CT molecular complexity index is 1240. The molecule has 1 amide bonds. The Balaban J connectivity index is 0.000000383. The molecule has 0 aliphatic rings. The molecule has 3 rings (SSSR count). The zero-order chi connectivity index (χ0) is 27.7. The maximum absolute atomic E-state index is 12.4. The predicted molar refractivity (Wildman–Crippen MR) is 112 cm³/mol. The number of halogens is 6. The lowest BCUT2D eigenvalue weighted by molar-refractivity contribution is -0.193. The van der Waals surface area contributed by atoms with Crippen LogP contribution in [0.2, 0.25) is 0 Å². The van der Waals surface area contributed by atoms with E-state index in [9.17, 15) is 35.9 Å². The van der Waals surface area contributed by atoms with Gasteiger partial charge in [-0.05, 0) is 29.8 Å². The summed E-state index contributed by atoms with van der Waals surface area (Å²) in [7, 11) is 1.68. The van der Waals surface area contributed by atoms with Crippen molar-refractivity contribution >= 4 is 28.7 Å². The number of pyridine rings is 2. The highest BCUT2D eigenvalue weighted by atomic mass is 19.4. The van der Waals surface area contributed by atoms with Gasteiger partial charge >= 0.3 is 24.3 Å². The number of carbonyl (C=O) groups is 3. The summed E-state index contributed by atoms with van der Waals surface area (Å²) in [6.07, 6.45) is -6.92. The number of rotatable bonds is 3. The molecule has 0 unspecified atom stereocenters. The monoisotopic (exact) mass is 521 g/mol. The van der Waals surface area contributed by atoms with Crippen molar-refractivity contribution < 1.29 is 50.9 Å². The number of carbonyl (C=O) groups excluding carboxylic acids is 1. The molecule has 0 spiro atoms. The third-order valence-corrected chi connectivity index (χ3v) is 4.02. The number of benzene rings is 1. The topological polar surface area (TPSA) is 141 Å². The van der Waals surface area contributed by atoms with Crippen LogP contribution in [-0.4, -0.2) is 62.3 Å². The number of aromatic amines is 1. The molecule has 0 aliphatic carbocycles. The van der Waals surface area contributed by atoms with E-state index in [0.29, 0.717) is 6.54 Å². The Kier molecular flexibility index (Phi) is 10.1. The van der Waals surface area contributed by atoms with Gasteiger partial charge in [-0.2, -0.15) is 26.3 Å². The van der Waals surface area contributed by atoms with E-state index in [1.54, 1.807) is 19.3 Å². The van der Waals surface area contributed by atoms with Crippen molar-refractivity contribution in [2.45, 2.75) is 18.9 Å². The van der Waals surface area contributed by atoms with Gasteiger partial charge < -0.3 is 20.1 Å². The number of carboxylic acid groups (broad SMARTS) is 2. The molecule has 0 saturated carbocycles. The Labute approximate surface area is 197 Å². The smallest absolute Gasteiger partial charge is 0.475 e. The maximum Gasteiger partial charge on any atom is 0.490 e. The van der Waals surface area contributed by atoms with Crippen LogP contribution in [0, 0.1) is 0 Å². The second-order valence-electron chi connectivity index (χ2n) is 6.67. The van der Waals surface area contributed by atoms with Crippen LogP contribution in [0.5, 0.6) is 0 Å². The zero-order valence-electron chi connectivity index (χ0n) is 18.1. The molecule has 0 saturated heterocycles. The van der Waals surface area contributed by atoms with Gasteiger partial charge in [-0.3, -0.25) is 14.6 Å². The number of hydrogen-bond acceptors (Lipinski definition) is 5. The number of aliphatic carboxylic acids is 2. The number of fused-ring (bicyclic) bond motifs is 1. The molecule has 9 nitrogen and oxygen atoms in total. The fourth-order valence-electron chi connectivity index (χ4n) is 2.43. The van der Waals surface area contributed by atoms with Crippen LogP contribution in [0.15, 0.2) is 59.7 Å². The van der Waals surface area contributed by atoms with Crippen molar-refractivity contribution in [2.24, 2.45) is 0 Å². The van der Waals surface area contributed by atoms with Gasteiger partial charge in [-0.1, -0.05) is 18.2 Å². The lowest BCUT2D eigenvalue weighted by Crippen LogP contribution is -2.31. The number of aromatic nitrogens is 2. The summed E-state index contributed by atoms with van der Waals surface area (Å²) in [6, 6.07) is 12.8. The third-order valence-electron chi connectivity index (χ3n) is 4.02. The van der Waals surface area contributed by atoms with E-state index in [4.69, 9.17) is 19.8 Å². The van der Waals surface area contributed by atoms with Gasteiger partial charge in [0.05, 0.1) is 5.52 Å². The Morgan fingerprint density at radius 3 is 1.97 bits per heavy atom. The molecule has 0 radical (unpaired) electrons. The minimum absolute atomic E-state index is 0.142. The van der Waals surface area contributed by atoms with E-state index in [1.165, 1.54) is 17.2 Å². The average Bonchev–Trinajstić information content (AvgIpc) is 2.79. The molecule has 2 aromatic heterocycles. The number of nitrogens with zero attached hydrogens (tertiary/aromatic N) is 2. The molecular weight excluding hydrogens is 504 g/mol. The first-order valence-corrected chi connectivity index (χ1v) is 9.41. The highest BCUT2D eigenvalue weighted by molar-refractivity contribution is 5.94. The molecular formula is C21H17F6N3O6. The van der Waals surface area contributed by atoms with E-state index in [-0.39, 0.29) is 17.0 Å². The molecule has 2 heterocycles. The normalized spacial score (nSPS) is 10.9. The van der Waals surface area contributed by atoms with Gasteiger partial charge in [0, 0.05) is 31.4 Å². The first kappa shape index (κ1) is 29.6. The number of alkyl halides is 6. The van der Waals surface area contributed by atoms with Crippen molar-refractivity contribution in [1.29, 1.82) is 0 Å². The highest BCUT2D eigenvalue weighted by Gasteiger charge is 2.38. The summed E-state index contributed by atoms with van der Waals surface area (Å²) in [5.41, 5.74) is 1.65. The minimum Gasteiger partial charge on any atom is -0.475 e. The number of carboxylic acids is 2. The Morgan fingerprint density at radius 2 is 1.47 bits per heavy atom. The van der Waals surface area contributed by atoms with Crippen LogP contribution in [0.25, 0.3) is 10.9 Å². The summed E-state index contributed by atoms with van der Waals surface area (Å²) in [4.78, 5) is 50.3. The van der Waals surface area contributed by atoms with Crippen molar-refractivity contribution in [1.82, 2.24) is 14.9 Å². The van der Waals surface area contributed by atoms with Crippen molar-refractivity contribution in [3.05, 3.63) is 76.3 Å². The second kappa shape index (κ2) is 12.3. The summed E-state index contributed by atoms with van der Waals surface area (Å²) >= 11 is 0. The fraction of sp³-hybridized carbons (Fsp3) is 0.190. The molecule has 0 atom stereocenters. The van der Waals surface area contributed by atoms with Crippen LogP contribution in [0.1, 0.15) is 15.9 Å². The first-order chi connectivity index (χ1) is 16.6. The summed E-state index contributed by atoms with van der Waals surface area (Å²) in [5.74, 6) is -5.82. The molecule has 0 aliphatic heterocycles. The Morgan fingerprint density at radius 1 is 0.917 bits per heavy atom. The molecule has 194 valence electrons. The van der Waals surface area contributed by atoms with Gasteiger partial charge in [0.2, 0.25) is 0 Å². The number of amides is 1. The molecule has 15 heteroatoms. The lowest BCUT2D eigenvalue weighted by atomic mass is 10.1. The first-order valence-electron chi connectivity index (χ1n) is 9.41. The van der Waals surface area contributed by atoms with Gasteiger partial charge in [0.1, 0.15) is 5.56 Å². The summed E-state index contributed by atoms with van der Waals surface area (Å²) in [6.45, 7) is 0.413. The predicted octanol–water partition coefficient (Wildman–Crippen LogP) is 3.46.